The summed E-state index contributed by atoms with van der Waals surface area (Å²) in [6.07, 6.45) is 3.84. The zero-order chi connectivity index (χ0) is 13.0. The topological polar surface area (TPSA) is 36.9 Å². The molecule has 2 atom stereocenters. The number of rotatable bonds is 4. The second-order valence-electron chi connectivity index (χ2n) is 5.86. The molecule has 0 aliphatic carbocycles. The Kier molecular flexibility index (Phi) is 4.41. The van der Waals surface area contributed by atoms with Crippen molar-refractivity contribution in [2.24, 2.45) is 5.92 Å². The van der Waals surface area contributed by atoms with Crippen molar-refractivity contribution in [2.45, 2.75) is 44.6 Å². The van der Waals surface area contributed by atoms with Gasteiger partial charge in [-0.15, -0.1) is 0 Å². The highest BCUT2D eigenvalue weighted by Crippen LogP contribution is 2.41. The van der Waals surface area contributed by atoms with Crippen molar-refractivity contribution in [3.63, 3.8) is 0 Å². The maximum absolute atomic E-state index is 5.94. The summed E-state index contributed by atoms with van der Waals surface area (Å²) >= 11 is 0. The van der Waals surface area contributed by atoms with Crippen molar-refractivity contribution in [2.75, 3.05) is 13.2 Å². The van der Waals surface area contributed by atoms with Gasteiger partial charge in [0.15, 0.2) is 0 Å². The molecule has 0 bridgehead atoms. The summed E-state index contributed by atoms with van der Waals surface area (Å²) in [6, 6.07) is 11.0. The number of ether oxygens (including phenoxy) is 1. The first kappa shape index (κ1) is 13.6. The molecule has 18 heavy (non-hydrogen) atoms. The number of hydrogen-bond donors (Lipinski definition) is 1. The molecule has 1 saturated heterocycles. The lowest BCUT2D eigenvalue weighted by Gasteiger charge is -2.42. The van der Waals surface area contributed by atoms with Crippen LogP contribution in [0.2, 0.25) is 0 Å². The number of hydrogen-bond acceptors (Lipinski definition) is 1. The van der Waals surface area contributed by atoms with Crippen LogP contribution in [0.4, 0.5) is 0 Å². The lowest BCUT2D eigenvalue weighted by molar-refractivity contribution is -0.371. The van der Waals surface area contributed by atoms with Gasteiger partial charge in [0.25, 0.3) is 0 Å². The van der Waals surface area contributed by atoms with Crippen LogP contribution < -0.4 is 5.73 Å². The molecule has 3 N–H and O–H groups in total. The van der Waals surface area contributed by atoms with Crippen LogP contribution in [0, 0.1) is 5.92 Å². The largest absolute Gasteiger partial charge is 0.378 e. The van der Waals surface area contributed by atoms with Crippen molar-refractivity contribution >= 4 is 0 Å². The zero-order valence-electron chi connectivity index (χ0n) is 11.7. The molecule has 0 aromatic heterocycles. The maximum Gasteiger partial charge on any atom is 0.0748 e. The summed E-state index contributed by atoms with van der Waals surface area (Å²) in [5, 5.41) is 0. The predicted octanol–water partition coefficient (Wildman–Crippen LogP) is 2.39. The van der Waals surface area contributed by atoms with Crippen LogP contribution in [-0.2, 0) is 10.2 Å². The van der Waals surface area contributed by atoms with E-state index in [1.165, 1.54) is 12.0 Å². The van der Waals surface area contributed by atoms with Gasteiger partial charge in [-0.25, -0.2) is 0 Å². The summed E-state index contributed by atoms with van der Waals surface area (Å²) in [5.41, 5.74) is 5.84. The Labute approximate surface area is 111 Å². The van der Waals surface area contributed by atoms with Gasteiger partial charge in [0.05, 0.1) is 12.6 Å². The van der Waals surface area contributed by atoms with Gasteiger partial charge in [0.2, 0.25) is 0 Å². The van der Waals surface area contributed by atoms with E-state index in [4.69, 9.17) is 4.74 Å². The molecule has 2 nitrogen and oxygen atoms in total. The highest BCUT2D eigenvalue weighted by Gasteiger charge is 2.39. The van der Waals surface area contributed by atoms with Crippen molar-refractivity contribution in [3.05, 3.63) is 35.9 Å². The molecule has 0 radical (unpaired) electrons. The Morgan fingerprint density at radius 3 is 2.67 bits per heavy atom. The average molecular weight is 248 g/mol. The molecule has 1 aliphatic rings. The van der Waals surface area contributed by atoms with Crippen LogP contribution in [0.3, 0.4) is 0 Å². The van der Waals surface area contributed by atoms with Crippen LogP contribution in [0.15, 0.2) is 30.3 Å². The quantitative estimate of drug-likeness (QED) is 0.872. The van der Waals surface area contributed by atoms with Gasteiger partial charge in [0, 0.05) is 18.4 Å². The van der Waals surface area contributed by atoms with Crippen molar-refractivity contribution in [3.8, 4) is 0 Å². The van der Waals surface area contributed by atoms with E-state index in [-0.39, 0.29) is 5.41 Å². The Bertz CT molecular complexity index is 359. The fourth-order valence-corrected chi connectivity index (χ4v) is 3.14. The minimum atomic E-state index is 0.288. The first-order valence-corrected chi connectivity index (χ1v) is 7.14. The number of benzene rings is 1. The number of quaternary nitrogens is 1. The highest BCUT2D eigenvalue weighted by molar-refractivity contribution is 5.26. The molecule has 0 saturated carbocycles. The molecule has 0 spiro atoms. The highest BCUT2D eigenvalue weighted by atomic mass is 16.5. The van der Waals surface area contributed by atoms with Crippen LogP contribution in [-0.4, -0.2) is 19.3 Å². The Morgan fingerprint density at radius 1 is 1.33 bits per heavy atom. The van der Waals surface area contributed by atoms with E-state index in [1.807, 2.05) is 0 Å². The third kappa shape index (κ3) is 2.76. The lowest BCUT2D eigenvalue weighted by atomic mass is 9.69. The van der Waals surface area contributed by atoms with E-state index in [9.17, 15) is 0 Å². The van der Waals surface area contributed by atoms with Crippen molar-refractivity contribution in [1.29, 1.82) is 0 Å². The molecule has 1 aliphatic heterocycles. The van der Waals surface area contributed by atoms with E-state index in [0.717, 1.165) is 26.0 Å². The normalized spacial score (nSPS) is 28.6. The third-order valence-electron chi connectivity index (χ3n) is 4.29. The summed E-state index contributed by atoms with van der Waals surface area (Å²) in [4.78, 5) is 0. The molecule has 1 heterocycles. The molecule has 2 rings (SSSR count). The van der Waals surface area contributed by atoms with Crippen molar-refractivity contribution in [1.82, 2.24) is 0 Å². The molecule has 1 aromatic carbocycles. The summed E-state index contributed by atoms with van der Waals surface area (Å²) in [7, 11) is 0. The zero-order valence-corrected chi connectivity index (χ0v) is 11.7. The Morgan fingerprint density at radius 2 is 2.06 bits per heavy atom. The fourth-order valence-electron chi connectivity index (χ4n) is 3.14. The Balaban J connectivity index is 2.26. The molecule has 0 amide bonds. The van der Waals surface area contributed by atoms with Gasteiger partial charge < -0.3 is 10.5 Å². The summed E-state index contributed by atoms with van der Waals surface area (Å²) in [6.45, 7) is 6.41. The molecular weight excluding hydrogens is 222 g/mol. The summed E-state index contributed by atoms with van der Waals surface area (Å²) < 4.78 is 5.94. The van der Waals surface area contributed by atoms with Crippen LogP contribution in [0.1, 0.15) is 38.7 Å². The van der Waals surface area contributed by atoms with Crippen molar-refractivity contribution < 1.29 is 10.5 Å². The van der Waals surface area contributed by atoms with Crippen LogP contribution in [0.5, 0.6) is 0 Å². The minimum Gasteiger partial charge on any atom is -0.378 e. The second kappa shape index (κ2) is 5.85. The van der Waals surface area contributed by atoms with Gasteiger partial charge in [0.1, 0.15) is 0 Å². The first-order chi connectivity index (χ1) is 8.68. The minimum absolute atomic E-state index is 0.288. The Hall–Kier alpha value is -0.860. The SMILES string of the molecule is CC(C)[C@H]1C[C@@](CC[NH3+])(c2ccccc2)CCO1. The fraction of sp³-hybridized carbons (Fsp3) is 0.625. The predicted molar refractivity (Wildman–Crippen MR) is 74.3 cm³/mol. The molecule has 1 fully saturated rings. The molecule has 0 unspecified atom stereocenters. The van der Waals surface area contributed by atoms with E-state index < -0.39 is 0 Å². The second-order valence-corrected chi connectivity index (χ2v) is 5.86. The van der Waals surface area contributed by atoms with E-state index in [2.05, 4.69) is 49.9 Å². The molecule has 100 valence electrons. The van der Waals surface area contributed by atoms with Gasteiger partial charge in [-0.3, -0.25) is 0 Å². The monoisotopic (exact) mass is 248 g/mol. The van der Waals surface area contributed by atoms with Crippen LogP contribution in [0.25, 0.3) is 0 Å². The molecular formula is C16H26NO+. The molecule has 2 heteroatoms. The van der Waals surface area contributed by atoms with Gasteiger partial charge in [-0.05, 0) is 24.3 Å². The van der Waals surface area contributed by atoms with E-state index in [1.54, 1.807) is 0 Å². The first-order valence-electron chi connectivity index (χ1n) is 7.14. The van der Waals surface area contributed by atoms with Gasteiger partial charge >= 0.3 is 0 Å². The standard InChI is InChI=1S/C16H25NO/c1-13(2)15-12-16(8-10-17,9-11-18-15)14-6-4-3-5-7-14/h3-7,13,15H,8-12,17H2,1-2H3/p+1/t15-,16+/m1/s1. The maximum atomic E-state index is 5.94. The van der Waals surface area contributed by atoms with E-state index in [0.29, 0.717) is 12.0 Å². The summed E-state index contributed by atoms with van der Waals surface area (Å²) in [5.74, 6) is 0.596. The van der Waals surface area contributed by atoms with Gasteiger partial charge in [-0.1, -0.05) is 44.2 Å². The molecule has 1 aromatic rings. The smallest absolute Gasteiger partial charge is 0.0748 e. The van der Waals surface area contributed by atoms with Gasteiger partial charge in [-0.2, -0.15) is 0 Å². The lowest BCUT2D eigenvalue weighted by Crippen LogP contribution is -2.54. The average Bonchev–Trinajstić information content (AvgIpc) is 2.40. The van der Waals surface area contributed by atoms with Crippen LogP contribution >= 0.6 is 0 Å². The third-order valence-corrected chi connectivity index (χ3v) is 4.29. The van der Waals surface area contributed by atoms with E-state index >= 15 is 0 Å².